The summed E-state index contributed by atoms with van der Waals surface area (Å²) in [7, 11) is 0. The number of hydrogen-bond acceptors (Lipinski definition) is 2. The maximum atomic E-state index is 11.9. The first-order chi connectivity index (χ1) is 9.19. The predicted molar refractivity (Wildman–Crippen MR) is 73.9 cm³/mol. The minimum Gasteiger partial charge on any atom is -0.326 e. The lowest BCUT2D eigenvalue weighted by atomic mass is 9.99. The second-order valence-corrected chi connectivity index (χ2v) is 5.06. The van der Waals surface area contributed by atoms with Gasteiger partial charge in [0.1, 0.15) is 0 Å². The molecule has 1 heterocycles. The average molecular weight is 250 g/mol. The van der Waals surface area contributed by atoms with Crippen molar-refractivity contribution in [1.29, 1.82) is 5.26 Å². The molecule has 3 nitrogen and oxygen atoms in total. The zero-order chi connectivity index (χ0) is 13.4. The van der Waals surface area contributed by atoms with Crippen molar-refractivity contribution in [3.63, 3.8) is 0 Å². The number of H-pyrrole nitrogens is 1. The van der Waals surface area contributed by atoms with Crippen LogP contribution in [-0.4, -0.2) is 4.98 Å². The van der Waals surface area contributed by atoms with E-state index in [2.05, 4.69) is 11.1 Å². The number of aromatic nitrogens is 1. The van der Waals surface area contributed by atoms with E-state index < -0.39 is 0 Å². The molecule has 1 aliphatic carbocycles. The molecule has 1 fully saturated rings. The van der Waals surface area contributed by atoms with Crippen molar-refractivity contribution in [3.05, 3.63) is 57.5 Å². The third kappa shape index (κ3) is 2.17. The molecule has 2 aromatic rings. The van der Waals surface area contributed by atoms with E-state index in [1.165, 1.54) is 0 Å². The molecule has 94 valence electrons. The van der Waals surface area contributed by atoms with Crippen molar-refractivity contribution in [1.82, 2.24) is 4.98 Å². The number of nitrogens with one attached hydrogen (secondary N) is 1. The molecule has 0 spiro atoms. The summed E-state index contributed by atoms with van der Waals surface area (Å²) in [6, 6.07) is 11.6. The summed E-state index contributed by atoms with van der Waals surface area (Å²) in [5.41, 5.74) is 4.39. The van der Waals surface area contributed by atoms with Gasteiger partial charge in [0.2, 0.25) is 0 Å². The molecule has 1 saturated carbocycles. The molecule has 3 rings (SSSR count). The third-order valence-corrected chi connectivity index (χ3v) is 3.59. The van der Waals surface area contributed by atoms with Crippen LogP contribution in [0.3, 0.4) is 0 Å². The van der Waals surface area contributed by atoms with Gasteiger partial charge >= 0.3 is 0 Å². The summed E-state index contributed by atoms with van der Waals surface area (Å²) in [5.74, 6) is 0.419. The number of hydrogen-bond donors (Lipinski definition) is 1. The monoisotopic (exact) mass is 250 g/mol. The first kappa shape index (κ1) is 11.7. The number of aromatic amines is 1. The van der Waals surface area contributed by atoms with Crippen LogP contribution in [-0.2, 0) is 0 Å². The first-order valence-corrected chi connectivity index (χ1v) is 6.43. The number of pyridine rings is 1. The molecular formula is C16H14N2O. The highest BCUT2D eigenvalue weighted by Gasteiger charge is 2.27. The summed E-state index contributed by atoms with van der Waals surface area (Å²) in [4.78, 5) is 14.8. The maximum absolute atomic E-state index is 11.9. The van der Waals surface area contributed by atoms with E-state index >= 15 is 0 Å². The highest BCUT2D eigenvalue weighted by molar-refractivity contribution is 5.68. The Balaban J connectivity index is 2.16. The van der Waals surface area contributed by atoms with Gasteiger partial charge in [-0.25, -0.2) is 0 Å². The van der Waals surface area contributed by atoms with Gasteiger partial charge < -0.3 is 4.98 Å². The standard InChI is InChI=1S/C16H14N2O/c1-10-14(13-4-2-3-11(7-13)9-17)8-15(12-5-6-12)16(19)18-10/h2-4,7-8,12H,5-6H2,1H3,(H,18,19). The Labute approximate surface area is 111 Å². The molecule has 1 aliphatic rings. The molecule has 0 amide bonds. The number of rotatable bonds is 2. The fraction of sp³-hybridized carbons (Fsp3) is 0.250. The van der Waals surface area contributed by atoms with Crippen molar-refractivity contribution >= 4 is 0 Å². The van der Waals surface area contributed by atoms with Crippen molar-refractivity contribution in [2.45, 2.75) is 25.7 Å². The summed E-state index contributed by atoms with van der Waals surface area (Å²) >= 11 is 0. The lowest BCUT2D eigenvalue weighted by molar-refractivity contribution is 1.02. The van der Waals surface area contributed by atoms with Crippen LogP contribution < -0.4 is 5.56 Å². The predicted octanol–water partition coefficient (Wildman–Crippen LogP) is 3.10. The Morgan fingerprint density at radius 1 is 1.32 bits per heavy atom. The molecular weight excluding hydrogens is 236 g/mol. The van der Waals surface area contributed by atoms with Crippen LogP contribution >= 0.6 is 0 Å². The molecule has 1 aromatic carbocycles. The van der Waals surface area contributed by atoms with E-state index in [0.717, 1.165) is 35.2 Å². The summed E-state index contributed by atoms with van der Waals surface area (Å²) in [6.07, 6.45) is 2.20. The Hall–Kier alpha value is -2.34. The minimum absolute atomic E-state index is 0.0280. The van der Waals surface area contributed by atoms with E-state index in [9.17, 15) is 4.79 Å². The van der Waals surface area contributed by atoms with Crippen LogP contribution in [0.2, 0.25) is 0 Å². The average Bonchev–Trinajstić information content (AvgIpc) is 3.23. The fourth-order valence-corrected chi connectivity index (χ4v) is 2.39. The minimum atomic E-state index is 0.0280. The third-order valence-electron chi connectivity index (χ3n) is 3.59. The molecule has 3 heteroatoms. The molecule has 0 unspecified atom stereocenters. The topological polar surface area (TPSA) is 56.6 Å². The molecule has 0 saturated heterocycles. The van der Waals surface area contributed by atoms with E-state index in [-0.39, 0.29) is 5.56 Å². The maximum Gasteiger partial charge on any atom is 0.251 e. The SMILES string of the molecule is Cc1[nH]c(=O)c(C2CC2)cc1-c1cccc(C#N)c1. The van der Waals surface area contributed by atoms with E-state index in [4.69, 9.17) is 5.26 Å². The van der Waals surface area contributed by atoms with Crippen LogP contribution in [0, 0.1) is 18.3 Å². The second kappa shape index (κ2) is 4.40. The zero-order valence-electron chi connectivity index (χ0n) is 10.7. The van der Waals surface area contributed by atoms with Gasteiger partial charge in [-0.05, 0) is 49.4 Å². The lowest BCUT2D eigenvalue weighted by Gasteiger charge is -2.08. The Kier molecular flexibility index (Phi) is 2.72. The Morgan fingerprint density at radius 3 is 2.79 bits per heavy atom. The highest BCUT2D eigenvalue weighted by Crippen LogP contribution is 2.39. The lowest BCUT2D eigenvalue weighted by Crippen LogP contribution is -2.13. The van der Waals surface area contributed by atoms with Crippen LogP contribution in [0.5, 0.6) is 0 Å². The van der Waals surface area contributed by atoms with Gasteiger partial charge in [0.15, 0.2) is 0 Å². The van der Waals surface area contributed by atoms with Crippen LogP contribution in [0.15, 0.2) is 35.1 Å². The molecule has 0 bridgehead atoms. The molecule has 0 radical (unpaired) electrons. The molecule has 0 atom stereocenters. The van der Waals surface area contributed by atoms with E-state index in [1.807, 2.05) is 31.2 Å². The first-order valence-electron chi connectivity index (χ1n) is 6.43. The van der Waals surface area contributed by atoms with Gasteiger partial charge in [0.25, 0.3) is 5.56 Å². The van der Waals surface area contributed by atoms with Crippen LogP contribution in [0.4, 0.5) is 0 Å². The molecule has 1 aromatic heterocycles. The summed E-state index contributed by atoms with van der Waals surface area (Å²) in [6.45, 7) is 1.90. The highest BCUT2D eigenvalue weighted by atomic mass is 16.1. The van der Waals surface area contributed by atoms with Crippen molar-refractivity contribution in [3.8, 4) is 17.2 Å². The number of benzene rings is 1. The van der Waals surface area contributed by atoms with Gasteiger partial charge in [-0.2, -0.15) is 5.26 Å². The quantitative estimate of drug-likeness (QED) is 0.890. The van der Waals surface area contributed by atoms with Crippen LogP contribution in [0.1, 0.15) is 35.6 Å². The smallest absolute Gasteiger partial charge is 0.251 e. The van der Waals surface area contributed by atoms with Crippen molar-refractivity contribution in [2.24, 2.45) is 0 Å². The Bertz CT molecular complexity index is 733. The largest absolute Gasteiger partial charge is 0.326 e. The van der Waals surface area contributed by atoms with E-state index in [0.29, 0.717) is 11.5 Å². The van der Waals surface area contributed by atoms with E-state index in [1.54, 1.807) is 6.07 Å². The van der Waals surface area contributed by atoms with Gasteiger partial charge in [-0.1, -0.05) is 12.1 Å². The van der Waals surface area contributed by atoms with Crippen molar-refractivity contribution < 1.29 is 0 Å². The Morgan fingerprint density at radius 2 is 2.11 bits per heavy atom. The van der Waals surface area contributed by atoms with Crippen molar-refractivity contribution in [2.75, 3.05) is 0 Å². The number of nitriles is 1. The molecule has 19 heavy (non-hydrogen) atoms. The van der Waals surface area contributed by atoms with Gasteiger partial charge in [0, 0.05) is 16.8 Å². The van der Waals surface area contributed by atoms with Crippen LogP contribution in [0.25, 0.3) is 11.1 Å². The normalized spacial score (nSPS) is 14.1. The zero-order valence-corrected chi connectivity index (χ0v) is 10.7. The summed E-state index contributed by atoms with van der Waals surface area (Å²) < 4.78 is 0. The summed E-state index contributed by atoms with van der Waals surface area (Å²) in [5, 5.41) is 8.97. The van der Waals surface area contributed by atoms with Gasteiger partial charge in [-0.15, -0.1) is 0 Å². The number of aryl methyl sites for hydroxylation is 1. The second-order valence-electron chi connectivity index (χ2n) is 5.06. The van der Waals surface area contributed by atoms with Gasteiger partial charge in [-0.3, -0.25) is 4.79 Å². The molecule has 1 N–H and O–H groups in total. The van der Waals surface area contributed by atoms with Gasteiger partial charge in [0.05, 0.1) is 11.6 Å². The fourth-order valence-electron chi connectivity index (χ4n) is 2.39. The number of nitrogens with zero attached hydrogens (tertiary/aromatic N) is 1. The molecule has 0 aliphatic heterocycles.